The monoisotopic (exact) mass is 572 g/mol. The zero-order chi connectivity index (χ0) is 28.2. The average Bonchev–Trinajstić information content (AvgIpc) is 3.63. The van der Waals surface area contributed by atoms with Gasteiger partial charge in [0, 0.05) is 9.75 Å². The Morgan fingerprint density at radius 1 is 0.675 bits per heavy atom. The molecule has 0 amide bonds. The van der Waals surface area contributed by atoms with Crippen LogP contribution in [0.25, 0.3) is 42.9 Å². The SMILES string of the molecule is CCOC(=O)C(CC)c1ccc(-c2nc3cc4ccccc4cc3nc2-c2ccc(C(CC)C(=O)OCC)s2)s1. The van der Waals surface area contributed by atoms with Gasteiger partial charge in [0.05, 0.1) is 45.8 Å². The van der Waals surface area contributed by atoms with Gasteiger partial charge in [-0.05, 0) is 73.9 Å². The third-order valence-corrected chi connectivity index (χ3v) is 9.31. The number of ether oxygens (including phenoxy) is 2. The van der Waals surface area contributed by atoms with Crippen molar-refractivity contribution in [1.82, 2.24) is 9.97 Å². The molecule has 0 saturated heterocycles. The number of carbonyl (C=O) groups is 2. The number of fused-ring (bicyclic) bond motifs is 2. The third kappa shape index (κ3) is 5.51. The second-order valence-electron chi connectivity index (χ2n) is 9.44. The van der Waals surface area contributed by atoms with Gasteiger partial charge in [-0.2, -0.15) is 0 Å². The highest BCUT2D eigenvalue weighted by Gasteiger charge is 2.26. The molecule has 2 unspecified atom stereocenters. The Balaban J connectivity index is 1.65. The molecule has 3 heterocycles. The highest BCUT2D eigenvalue weighted by molar-refractivity contribution is 7.16. The first-order valence-corrected chi connectivity index (χ1v) is 15.3. The lowest BCUT2D eigenvalue weighted by Crippen LogP contribution is -2.14. The molecule has 0 bridgehead atoms. The van der Waals surface area contributed by atoms with Gasteiger partial charge >= 0.3 is 11.9 Å². The molecular formula is C32H32N2O4S2. The minimum Gasteiger partial charge on any atom is -0.465 e. The van der Waals surface area contributed by atoms with Crippen molar-refractivity contribution in [3.8, 4) is 21.1 Å². The largest absolute Gasteiger partial charge is 0.465 e. The maximum absolute atomic E-state index is 12.6. The highest BCUT2D eigenvalue weighted by Crippen LogP contribution is 2.41. The number of aromatic nitrogens is 2. The minimum atomic E-state index is -0.317. The molecular weight excluding hydrogens is 540 g/mol. The number of rotatable bonds is 10. The molecule has 0 spiro atoms. The summed E-state index contributed by atoms with van der Waals surface area (Å²) in [4.78, 5) is 39.3. The number of carbonyl (C=O) groups excluding carboxylic acids is 2. The van der Waals surface area contributed by atoms with Crippen LogP contribution < -0.4 is 0 Å². The van der Waals surface area contributed by atoms with Gasteiger partial charge in [-0.1, -0.05) is 38.1 Å². The van der Waals surface area contributed by atoms with E-state index >= 15 is 0 Å². The van der Waals surface area contributed by atoms with Gasteiger partial charge in [0.1, 0.15) is 11.4 Å². The smallest absolute Gasteiger partial charge is 0.314 e. The van der Waals surface area contributed by atoms with E-state index in [1.165, 1.54) is 0 Å². The zero-order valence-corrected chi connectivity index (χ0v) is 24.7. The Bertz CT molecular complexity index is 1550. The number of esters is 2. The molecule has 40 heavy (non-hydrogen) atoms. The van der Waals surface area contributed by atoms with Gasteiger partial charge in [0.2, 0.25) is 0 Å². The molecule has 2 atom stereocenters. The lowest BCUT2D eigenvalue weighted by Gasteiger charge is -2.12. The van der Waals surface area contributed by atoms with Crippen LogP contribution in [0.3, 0.4) is 0 Å². The van der Waals surface area contributed by atoms with Gasteiger partial charge in [-0.15, -0.1) is 22.7 Å². The molecule has 0 aliphatic rings. The van der Waals surface area contributed by atoms with E-state index in [0.717, 1.165) is 52.7 Å². The Hall–Kier alpha value is -3.62. The molecule has 5 aromatic rings. The Kier molecular flexibility index (Phi) is 8.57. The molecule has 0 saturated carbocycles. The quantitative estimate of drug-likeness (QED) is 0.124. The molecule has 0 N–H and O–H groups in total. The molecule has 0 aliphatic heterocycles. The van der Waals surface area contributed by atoms with Crippen molar-refractivity contribution in [3.05, 3.63) is 70.4 Å². The van der Waals surface area contributed by atoms with Crippen molar-refractivity contribution in [2.45, 2.75) is 52.4 Å². The van der Waals surface area contributed by atoms with E-state index in [2.05, 4.69) is 24.3 Å². The average molecular weight is 573 g/mol. The maximum Gasteiger partial charge on any atom is 0.314 e. The van der Waals surface area contributed by atoms with Gasteiger partial charge in [-0.3, -0.25) is 9.59 Å². The number of thiophene rings is 2. The van der Waals surface area contributed by atoms with E-state index < -0.39 is 0 Å². The van der Waals surface area contributed by atoms with Gasteiger partial charge in [0.15, 0.2) is 0 Å². The van der Waals surface area contributed by atoms with Gasteiger partial charge in [0.25, 0.3) is 0 Å². The summed E-state index contributed by atoms with van der Waals surface area (Å²) >= 11 is 3.10. The maximum atomic E-state index is 12.6. The predicted molar refractivity (Wildman–Crippen MR) is 163 cm³/mol. The fourth-order valence-electron chi connectivity index (χ4n) is 4.87. The number of hydrogen-bond donors (Lipinski definition) is 0. The Morgan fingerprint density at radius 3 is 1.48 bits per heavy atom. The number of hydrogen-bond acceptors (Lipinski definition) is 8. The molecule has 2 aromatic carbocycles. The van der Waals surface area contributed by atoms with Crippen molar-refractivity contribution in [1.29, 1.82) is 0 Å². The first kappa shape index (κ1) is 27.9. The summed E-state index contributed by atoms with van der Waals surface area (Å²) < 4.78 is 10.7. The third-order valence-electron chi connectivity index (χ3n) is 6.90. The summed E-state index contributed by atoms with van der Waals surface area (Å²) in [5, 5.41) is 2.20. The van der Waals surface area contributed by atoms with Crippen LogP contribution in [0.5, 0.6) is 0 Å². The van der Waals surface area contributed by atoms with Crippen molar-refractivity contribution < 1.29 is 19.1 Å². The van der Waals surface area contributed by atoms with Crippen molar-refractivity contribution in [2.24, 2.45) is 0 Å². The van der Waals surface area contributed by atoms with Crippen LogP contribution in [0, 0.1) is 0 Å². The van der Waals surface area contributed by atoms with Crippen molar-refractivity contribution in [2.75, 3.05) is 13.2 Å². The lowest BCUT2D eigenvalue weighted by atomic mass is 10.1. The van der Waals surface area contributed by atoms with E-state index in [0.29, 0.717) is 26.1 Å². The molecule has 3 aromatic heterocycles. The second kappa shape index (κ2) is 12.3. The second-order valence-corrected chi connectivity index (χ2v) is 11.7. The normalized spacial score (nSPS) is 12.9. The predicted octanol–water partition coefficient (Wildman–Crippen LogP) is 8.35. The molecule has 5 rings (SSSR count). The van der Waals surface area contributed by atoms with Crippen LogP contribution in [0.15, 0.2) is 60.7 Å². The number of nitrogens with zero attached hydrogens (tertiary/aromatic N) is 2. The van der Waals surface area contributed by atoms with Crippen LogP contribution in [-0.4, -0.2) is 35.1 Å². The molecule has 0 aliphatic carbocycles. The van der Waals surface area contributed by atoms with E-state index in [-0.39, 0.29) is 23.8 Å². The first-order valence-electron chi connectivity index (χ1n) is 13.7. The summed E-state index contributed by atoms with van der Waals surface area (Å²) in [7, 11) is 0. The minimum absolute atomic E-state index is 0.206. The van der Waals surface area contributed by atoms with E-state index in [9.17, 15) is 9.59 Å². The first-order chi connectivity index (χ1) is 19.5. The van der Waals surface area contributed by atoms with Crippen LogP contribution in [0.1, 0.15) is 62.1 Å². The fraction of sp³-hybridized carbons (Fsp3) is 0.312. The summed E-state index contributed by atoms with van der Waals surface area (Å²) in [5.41, 5.74) is 3.13. The van der Waals surface area contributed by atoms with Crippen LogP contribution >= 0.6 is 22.7 Å². The van der Waals surface area contributed by atoms with E-state index in [4.69, 9.17) is 19.4 Å². The van der Waals surface area contributed by atoms with E-state index in [1.807, 2.05) is 64.1 Å². The van der Waals surface area contributed by atoms with Crippen molar-refractivity contribution >= 4 is 56.4 Å². The van der Waals surface area contributed by atoms with E-state index in [1.54, 1.807) is 22.7 Å². The molecule has 0 fully saturated rings. The number of benzene rings is 2. The summed E-state index contributed by atoms with van der Waals surface area (Å²) in [5.74, 6) is -1.05. The van der Waals surface area contributed by atoms with Crippen molar-refractivity contribution in [3.63, 3.8) is 0 Å². The molecule has 8 heteroatoms. The zero-order valence-electron chi connectivity index (χ0n) is 23.1. The summed E-state index contributed by atoms with van der Waals surface area (Å²) in [6.07, 6.45) is 1.31. The standard InChI is InChI=1S/C32H32N2O4S2/c1-5-21(31(35)37-7-3)25-13-15-27(39-25)29-30(28-16-14-26(40-28)22(6-2)32(36)38-8-4)34-24-18-20-12-10-9-11-19(20)17-23(24)33-29/h9-18,21-22H,5-8H2,1-4H3. The summed E-state index contributed by atoms with van der Waals surface area (Å²) in [6, 6.07) is 20.3. The Morgan fingerprint density at radius 2 is 1.10 bits per heavy atom. The highest BCUT2D eigenvalue weighted by atomic mass is 32.1. The summed E-state index contributed by atoms with van der Waals surface area (Å²) in [6.45, 7) is 8.35. The fourth-order valence-corrected chi connectivity index (χ4v) is 7.21. The van der Waals surface area contributed by atoms with Crippen LogP contribution in [-0.2, 0) is 19.1 Å². The lowest BCUT2D eigenvalue weighted by molar-refractivity contribution is -0.145. The molecule has 6 nitrogen and oxygen atoms in total. The molecule has 206 valence electrons. The van der Waals surface area contributed by atoms with Crippen LogP contribution in [0.4, 0.5) is 0 Å². The molecule has 0 radical (unpaired) electrons. The van der Waals surface area contributed by atoms with Gasteiger partial charge in [-0.25, -0.2) is 9.97 Å². The van der Waals surface area contributed by atoms with Crippen LogP contribution in [0.2, 0.25) is 0 Å². The van der Waals surface area contributed by atoms with Gasteiger partial charge < -0.3 is 9.47 Å². The Labute approximate surface area is 242 Å². The topological polar surface area (TPSA) is 78.4 Å².